The summed E-state index contributed by atoms with van der Waals surface area (Å²) in [5.41, 5.74) is 4.94. The molecule has 0 spiro atoms. The van der Waals surface area contributed by atoms with Crippen LogP contribution in [0, 0.1) is 0 Å². The third-order valence-corrected chi connectivity index (χ3v) is 2.20. The van der Waals surface area contributed by atoms with E-state index in [4.69, 9.17) is 15.6 Å². The van der Waals surface area contributed by atoms with E-state index in [1.807, 2.05) is 0 Å². The lowest BCUT2D eigenvalue weighted by Crippen LogP contribution is -2.31. The maximum absolute atomic E-state index is 10.7. The van der Waals surface area contributed by atoms with Gasteiger partial charge < -0.3 is 25.8 Å². The SMILES string of the molecule is NC(=O)c1ncn(C2OC(O)C(O)C2O)n1. The van der Waals surface area contributed by atoms with Crippen LogP contribution in [0.1, 0.15) is 16.8 Å². The predicted molar refractivity (Wildman–Crippen MR) is 46.7 cm³/mol. The van der Waals surface area contributed by atoms with E-state index in [1.54, 1.807) is 0 Å². The number of ether oxygens (including phenoxy) is 1. The smallest absolute Gasteiger partial charge is 0.288 e. The van der Waals surface area contributed by atoms with Crippen molar-refractivity contribution in [3.63, 3.8) is 0 Å². The molecule has 0 aromatic carbocycles. The third kappa shape index (κ3) is 1.65. The number of primary amides is 1. The van der Waals surface area contributed by atoms with Gasteiger partial charge in [-0.3, -0.25) is 4.79 Å². The Balaban J connectivity index is 2.21. The molecule has 9 nitrogen and oxygen atoms in total. The van der Waals surface area contributed by atoms with Gasteiger partial charge in [0.2, 0.25) is 5.82 Å². The van der Waals surface area contributed by atoms with Gasteiger partial charge in [0.1, 0.15) is 18.5 Å². The van der Waals surface area contributed by atoms with Crippen molar-refractivity contribution >= 4 is 5.91 Å². The fourth-order valence-electron chi connectivity index (χ4n) is 1.37. The van der Waals surface area contributed by atoms with Crippen molar-refractivity contribution in [3.8, 4) is 0 Å². The van der Waals surface area contributed by atoms with Gasteiger partial charge in [0.25, 0.3) is 5.91 Å². The predicted octanol–water partition coefficient (Wildman–Crippen LogP) is -3.05. The summed E-state index contributed by atoms with van der Waals surface area (Å²) < 4.78 is 5.83. The Morgan fingerprint density at radius 1 is 1.44 bits per heavy atom. The highest BCUT2D eigenvalue weighted by molar-refractivity contribution is 5.88. The van der Waals surface area contributed by atoms with Crippen LogP contribution in [-0.4, -0.2) is 54.5 Å². The summed E-state index contributed by atoms with van der Waals surface area (Å²) in [6.07, 6.45) is -4.31. The molecule has 0 bridgehead atoms. The highest BCUT2D eigenvalue weighted by Gasteiger charge is 2.43. The van der Waals surface area contributed by atoms with Crippen LogP contribution in [0.15, 0.2) is 6.33 Å². The van der Waals surface area contributed by atoms with Crippen molar-refractivity contribution in [1.82, 2.24) is 14.8 Å². The molecule has 0 aliphatic carbocycles. The number of aromatic nitrogens is 3. The topological polar surface area (TPSA) is 144 Å². The molecule has 88 valence electrons. The summed E-state index contributed by atoms with van der Waals surface area (Å²) in [4.78, 5) is 14.3. The van der Waals surface area contributed by atoms with Gasteiger partial charge in [-0.15, -0.1) is 5.10 Å². The van der Waals surface area contributed by atoms with Gasteiger partial charge in [0.05, 0.1) is 0 Å². The summed E-state index contributed by atoms with van der Waals surface area (Å²) in [6, 6.07) is 0. The Labute approximate surface area is 89.1 Å². The molecular formula is C7H10N4O5. The summed E-state index contributed by atoms with van der Waals surface area (Å²) in [5.74, 6) is -1.07. The molecule has 5 N–H and O–H groups in total. The number of carbonyl (C=O) groups excluding carboxylic acids is 1. The van der Waals surface area contributed by atoms with E-state index in [-0.39, 0.29) is 5.82 Å². The number of amides is 1. The summed E-state index contributed by atoms with van der Waals surface area (Å²) in [5, 5.41) is 31.5. The molecule has 1 amide bonds. The lowest BCUT2D eigenvalue weighted by molar-refractivity contribution is -0.144. The number of hydrogen-bond donors (Lipinski definition) is 4. The molecule has 1 aliphatic rings. The fourth-order valence-corrected chi connectivity index (χ4v) is 1.37. The van der Waals surface area contributed by atoms with Gasteiger partial charge in [0.15, 0.2) is 12.5 Å². The van der Waals surface area contributed by atoms with E-state index in [1.165, 1.54) is 0 Å². The zero-order chi connectivity index (χ0) is 11.9. The number of aliphatic hydroxyl groups excluding tert-OH is 3. The van der Waals surface area contributed by atoms with Crippen molar-refractivity contribution in [2.75, 3.05) is 0 Å². The second kappa shape index (κ2) is 3.79. The molecule has 1 fully saturated rings. The molecular weight excluding hydrogens is 220 g/mol. The third-order valence-electron chi connectivity index (χ3n) is 2.20. The van der Waals surface area contributed by atoms with Crippen LogP contribution in [0.4, 0.5) is 0 Å². The largest absolute Gasteiger partial charge is 0.385 e. The van der Waals surface area contributed by atoms with Gasteiger partial charge in [0, 0.05) is 0 Å². The zero-order valence-corrected chi connectivity index (χ0v) is 7.96. The molecule has 1 aromatic rings. The maximum atomic E-state index is 10.7. The first kappa shape index (κ1) is 11.0. The summed E-state index contributed by atoms with van der Waals surface area (Å²) in [7, 11) is 0. The van der Waals surface area contributed by atoms with Gasteiger partial charge in [-0.1, -0.05) is 0 Å². The molecule has 1 aliphatic heterocycles. The molecule has 1 saturated heterocycles. The standard InChI is InChI=1S/C7H10N4O5/c8-4(14)5-9-1-11(10-5)6-2(12)3(13)7(15)16-6/h1-3,6-7,12-13,15H,(H2,8,14). The van der Waals surface area contributed by atoms with Crippen LogP contribution in [-0.2, 0) is 4.74 Å². The zero-order valence-electron chi connectivity index (χ0n) is 7.96. The van der Waals surface area contributed by atoms with Crippen molar-refractivity contribution in [3.05, 3.63) is 12.2 Å². The molecule has 0 saturated carbocycles. The van der Waals surface area contributed by atoms with E-state index in [2.05, 4.69) is 10.1 Å². The first-order valence-corrected chi connectivity index (χ1v) is 4.41. The minimum Gasteiger partial charge on any atom is -0.385 e. The average molecular weight is 230 g/mol. The molecule has 2 heterocycles. The summed E-state index contributed by atoms with van der Waals surface area (Å²) in [6.45, 7) is 0. The molecule has 9 heteroatoms. The van der Waals surface area contributed by atoms with Crippen molar-refractivity contribution in [2.24, 2.45) is 5.73 Å². The van der Waals surface area contributed by atoms with E-state index in [9.17, 15) is 15.0 Å². The lowest BCUT2D eigenvalue weighted by atomic mass is 10.2. The minimum absolute atomic E-state index is 0.244. The first-order valence-electron chi connectivity index (χ1n) is 4.41. The number of carbonyl (C=O) groups is 1. The Hall–Kier alpha value is -1.55. The Kier molecular flexibility index (Phi) is 2.59. The van der Waals surface area contributed by atoms with E-state index in [0.29, 0.717) is 0 Å². The lowest BCUT2D eigenvalue weighted by Gasteiger charge is -2.13. The fraction of sp³-hybridized carbons (Fsp3) is 0.571. The van der Waals surface area contributed by atoms with Gasteiger partial charge >= 0.3 is 0 Å². The van der Waals surface area contributed by atoms with Crippen molar-refractivity contribution in [1.29, 1.82) is 0 Å². The molecule has 1 aromatic heterocycles. The number of nitrogens with two attached hydrogens (primary N) is 1. The summed E-state index contributed by atoms with van der Waals surface area (Å²) >= 11 is 0. The second-order valence-corrected chi connectivity index (χ2v) is 3.31. The average Bonchev–Trinajstić information content (AvgIpc) is 2.79. The van der Waals surface area contributed by atoms with Crippen molar-refractivity contribution in [2.45, 2.75) is 24.7 Å². The molecule has 4 unspecified atom stereocenters. The molecule has 16 heavy (non-hydrogen) atoms. The van der Waals surface area contributed by atoms with Crippen molar-refractivity contribution < 1.29 is 24.9 Å². The maximum Gasteiger partial charge on any atom is 0.288 e. The number of hydrogen-bond acceptors (Lipinski definition) is 7. The van der Waals surface area contributed by atoms with E-state index in [0.717, 1.165) is 11.0 Å². The van der Waals surface area contributed by atoms with Crippen LogP contribution in [0.5, 0.6) is 0 Å². The Bertz CT molecular complexity index is 407. The van der Waals surface area contributed by atoms with Crippen LogP contribution < -0.4 is 5.73 Å². The van der Waals surface area contributed by atoms with Crippen LogP contribution >= 0.6 is 0 Å². The quantitative estimate of drug-likeness (QED) is 0.422. The van der Waals surface area contributed by atoms with E-state index >= 15 is 0 Å². The van der Waals surface area contributed by atoms with Gasteiger partial charge in [-0.25, -0.2) is 9.67 Å². The minimum atomic E-state index is -1.51. The Morgan fingerprint density at radius 2 is 2.12 bits per heavy atom. The van der Waals surface area contributed by atoms with Gasteiger partial charge in [-0.2, -0.15) is 0 Å². The van der Waals surface area contributed by atoms with Crippen LogP contribution in [0.2, 0.25) is 0 Å². The van der Waals surface area contributed by atoms with Crippen LogP contribution in [0.3, 0.4) is 0 Å². The number of aliphatic hydroxyl groups is 3. The molecule has 4 atom stereocenters. The highest BCUT2D eigenvalue weighted by atomic mass is 16.7. The normalized spacial score (nSPS) is 34.2. The Morgan fingerprint density at radius 3 is 2.56 bits per heavy atom. The monoisotopic (exact) mass is 230 g/mol. The number of nitrogens with zero attached hydrogens (tertiary/aromatic N) is 3. The molecule has 0 radical (unpaired) electrons. The van der Waals surface area contributed by atoms with Gasteiger partial charge in [-0.05, 0) is 0 Å². The first-order chi connectivity index (χ1) is 7.50. The van der Waals surface area contributed by atoms with Crippen LogP contribution in [0.25, 0.3) is 0 Å². The highest BCUT2D eigenvalue weighted by Crippen LogP contribution is 2.26. The van der Waals surface area contributed by atoms with E-state index < -0.39 is 30.6 Å². The molecule has 2 rings (SSSR count). The second-order valence-electron chi connectivity index (χ2n) is 3.31. The number of rotatable bonds is 2.